The molecule has 2 fully saturated rings. The zero-order valence-electron chi connectivity index (χ0n) is 13.2. The first-order valence-corrected chi connectivity index (χ1v) is 8.45. The molecule has 3 heterocycles. The van der Waals surface area contributed by atoms with Crippen molar-refractivity contribution in [2.24, 2.45) is 11.8 Å². The second kappa shape index (κ2) is 5.41. The van der Waals surface area contributed by atoms with Gasteiger partial charge in [0.2, 0.25) is 0 Å². The minimum Gasteiger partial charge on any atom is -0.337 e. The lowest BCUT2D eigenvalue weighted by Crippen LogP contribution is -2.44. The largest absolute Gasteiger partial charge is 0.337 e. The predicted octanol–water partition coefficient (Wildman–Crippen LogP) is 3.30. The Kier molecular flexibility index (Phi) is 3.40. The van der Waals surface area contributed by atoms with Crippen molar-refractivity contribution in [1.29, 1.82) is 0 Å². The number of aryl methyl sites for hydroxylation is 1. The summed E-state index contributed by atoms with van der Waals surface area (Å²) in [7, 11) is 0. The fourth-order valence-corrected chi connectivity index (χ4v) is 4.13. The molecule has 2 atom stereocenters. The van der Waals surface area contributed by atoms with Crippen molar-refractivity contribution in [1.82, 2.24) is 14.3 Å². The van der Waals surface area contributed by atoms with Crippen molar-refractivity contribution >= 4 is 11.6 Å². The van der Waals surface area contributed by atoms with E-state index in [1.54, 1.807) is 0 Å². The van der Waals surface area contributed by atoms with E-state index in [2.05, 4.69) is 4.98 Å². The van der Waals surface area contributed by atoms with Crippen LogP contribution in [-0.4, -0.2) is 33.3 Å². The van der Waals surface area contributed by atoms with Crippen molar-refractivity contribution in [3.63, 3.8) is 0 Å². The molecule has 116 valence electrons. The van der Waals surface area contributed by atoms with Gasteiger partial charge in [0, 0.05) is 25.5 Å². The third kappa shape index (κ3) is 2.40. The van der Waals surface area contributed by atoms with Gasteiger partial charge in [-0.05, 0) is 49.3 Å². The monoisotopic (exact) mass is 297 g/mol. The van der Waals surface area contributed by atoms with Crippen LogP contribution < -0.4 is 0 Å². The summed E-state index contributed by atoms with van der Waals surface area (Å²) in [6.07, 6.45) is 10.4. The standard InChI is InChI=1S/C18H23N3O/c1-13-6-8-20-12-16(19-17(20)10-13)18(22)21-9-7-14-4-2-3-5-15(14)11-21/h6,8,10,12,14-15H,2-5,7,9,11H2,1H3/t14-,15+/m1/s1. The van der Waals surface area contributed by atoms with Crippen LogP contribution in [0.5, 0.6) is 0 Å². The maximum Gasteiger partial charge on any atom is 0.274 e. The number of likely N-dealkylation sites (tertiary alicyclic amines) is 1. The number of nitrogens with zero attached hydrogens (tertiary/aromatic N) is 3. The molecular formula is C18H23N3O. The fraction of sp³-hybridized carbons (Fsp3) is 0.556. The average Bonchev–Trinajstić information content (AvgIpc) is 2.96. The topological polar surface area (TPSA) is 37.6 Å². The lowest BCUT2D eigenvalue weighted by molar-refractivity contribution is 0.0516. The van der Waals surface area contributed by atoms with Crippen LogP contribution in [0.2, 0.25) is 0 Å². The Morgan fingerprint density at radius 1 is 1.23 bits per heavy atom. The van der Waals surface area contributed by atoms with Gasteiger partial charge in [0.25, 0.3) is 5.91 Å². The molecule has 0 aromatic carbocycles. The average molecular weight is 297 g/mol. The molecule has 0 N–H and O–H groups in total. The van der Waals surface area contributed by atoms with Crippen molar-refractivity contribution in [3.05, 3.63) is 35.8 Å². The first kappa shape index (κ1) is 13.8. The van der Waals surface area contributed by atoms with Crippen LogP contribution in [-0.2, 0) is 0 Å². The van der Waals surface area contributed by atoms with E-state index in [1.807, 2.05) is 40.8 Å². The molecule has 1 aliphatic carbocycles. The molecule has 2 aromatic rings. The summed E-state index contributed by atoms with van der Waals surface area (Å²) in [5.74, 6) is 1.66. The minimum atomic E-state index is 0.102. The van der Waals surface area contributed by atoms with Crippen molar-refractivity contribution < 1.29 is 4.79 Å². The molecule has 0 radical (unpaired) electrons. The lowest BCUT2D eigenvalue weighted by Gasteiger charge is -2.41. The van der Waals surface area contributed by atoms with Gasteiger partial charge >= 0.3 is 0 Å². The van der Waals surface area contributed by atoms with E-state index >= 15 is 0 Å². The Labute approximate surface area is 131 Å². The zero-order valence-corrected chi connectivity index (χ0v) is 13.2. The Morgan fingerprint density at radius 2 is 2.05 bits per heavy atom. The summed E-state index contributed by atoms with van der Waals surface area (Å²) in [4.78, 5) is 19.3. The van der Waals surface area contributed by atoms with E-state index < -0.39 is 0 Å². The van der Waals surface area contributed by atoms with Gasteiger partial charge in [-0.3, -0.25) is 4.79 Å². The highest BCUT2D eigenvalue weighted by Crippen LogP contribution is 2.36. The summed E-state index contributed by atoms with van der Waals surface area (Å²) in [6.45, 7) is 3.87. The maximum atomic E-state index is 12.8. The number of fused-ring (bicyclic) bond motifs is 2. The number of amides is 1. The van der Waals surface area contributed by atoms with E-state index in [-0.39, 0.29) is 5.91 Å². The van der Waals surface area contributed by atoms with E-state index in [1.165, 1.54) is 37.7 Å². The van der Waals surface area contributed by atoms with E-state index in [0.29, 0.717) is 11.6 Å². The first-order chi connectivity index (χ1) is 10.7. The molecular weight excluding hydrogens is 274 g/mol. The first-order valence-electron chi connectivity index (χ1n) is 8.45. The van der Waals surface area contributed by atoms with Crippen molar-refractivity contribution in [3.8, 4) is 0 Å². The van der Waals surface area contributed by atoms with E-state index in [4.69, 9.17) is 0 Å². The molecule has 4 heteroatoms. The zero-order chi connectivity index (χ0) is 15.1. The molecule has 1 amide bonds. The van der Waals surface area contributed by atoms with Gasteiger partial charge in [0.15, 0.2) is 0 Å². The number of carbonyl (C=O) groups excluding carboxylic acids is 1. The Morgan fingerprint density at radius 3 is 2.91 bits per heavy atom. The van der Waals surface area contributed by atoms with E-state index in [0.717, 1.165) is 24.7 Å². The molecule has 2 aromatic heterocycles. The van der Waals surface area contributed by atoms with Crippen molar-refractivity contribution in [2.75, 3.05) is 13.1 Å². The Hall–Kier alpha value is -1.84. The van der Waals surface area contributed by atoms with Crippen LogP contribution in [0, 0.1) is 18.8 Å². The molecule has 2 aliphatic rings. The molecule has 4 rings (SSSR count). The van der Waals surface area contributed by atoms with Crippen LogP contribution in [0.25, 0.3) is 5.65 Å². The highest BCUT2D eigenvalue weighted by atomic mass is 16.2. The number of imidazole rings is 1. The molecule has 4 nitrogen and oxygen atoms in total. The number of aromatic nitrogens is 2. The Balaban J connectivity index is 1.55. The molecule has 1 saturated heterocycles. The summed E-state index contributed by atoms with van der Waals surface area (Å²) in [5.41, 5.74) is 2.61. The maximum absolute atomic E-state index is 12.8. The van der Waals surface area contributed by atoms with E-state index in [9.17, 15) is 4.79 Å². The van der Waals surface area contributed by atoms with Crippen LogP contribution >= 0.6 is 0 Å². The van der Waals surface area contributed by atoms with Gasteiger partial charge in [0.1, 0.15) is 11.3 Å². The van der Waals surface area contributed by atoms with Gasteiger partial charge in [-0.1, -0.05) is 19.3 Å². The second-order valence-corrected chi connectivity index (χ2v) is 6.94. The summed E-state index contributed by atoms with van der Waals surface area (Å²) >= 11 is 0. The van der Waals surface area contributed by atoms with Crippen LogP contribution in [0.15, 0.2) is 24.5 Å². The van der Waals surface area contributed by atoms with Gasteiger partial charge < -0.3 is 9.30 Å². The number of hydrogen-bond donors (Lipinski definition) is 0. The molecule has 22 heavy (non-hydrogen) atoms. The van der Waals surface area contributed by atoms with Gasteiger partial charge in [0.05, 0.1) is 0 Å². The number of rotatable bonds is 1. The van der Waals surface area contributed by atoms with Gasteiger partial charge in [-0.25, -0.2) is 4.98 Å². The third-order valence-corrected chi connectivity index (χ3v) is 5.41. The summed E-state index contributed by atoms with van der Waals surface area (Å²) < 4.78 is 1.94. The van der Waals surface area contributed by atoms with Crippen LogP contribution in [0.4, 0.5) is 0 Å². The molecule has 0 spiro atoms. The lowest BCUT2D eigenvalue weighted by atomic mass is 9.75. The molecule has 0 bridgehead atoms. The number of hydrogen-bond acceptors (Lipinski definition) is 2. The predicted molar refractivity (Wildman–Crippen MR) is 85.9 cm³/mol. The smallest absolute Gasteiger partial charge is 0.274 e. The Bertz CT molecular complexity index is 705. The highest BCUT2D eigenvalue weighted by molar-refractivity contribution is 5.93. The normalized spacial score (nSPS) is 25.2. The van der Waals surface area contributed by atoms with Crippen LogP contribution in [0.1, 0.15) is 48.2 Å². The minimum absolute atomic E-state index is 0.102. The third-order valence-electron chi connectivity index (χ3n) is 5.41. The SMILES string of the molecule is Cc1ccn2cc(C(=O)N3CC[C@H]4CCCC[C@H]4C3)nc2c1. The van der Waals surface area contributed by atoms with Crippen LogP contribution in [0.3, 0.4) is 0 Å². The molecule has 0 unspecified atom stereocenters. The highest BCUT2D eigenvalue weighted by Gasteiger charge is 2.33. The van der Waals surface area contributed by atoms with Gasteiger partial charge in [-0.2, -0.15) is 0 Å². The second-order valence-electron chi connectivity index (χ2n) is 6.94. The van der Waals surface area contributed by atoms with Gasteiger partial charge in [-0.15, -0.1) is 0 Å². The number of pyridine rings is 1. The number of piperidine rings is 1. The molecule has 1 saturated carbocycles. The quantitative estimate of drug-likeness (QED) is 0.810. The molecule has 1 aliphatic heterocycles. The van der Waals surface area contributed by atoms with Crippen molar-refractivity contribution in [2.45, 2.75) is 39.0 Å². The number of carbonyl (C=O) groups is 1. The summed E-state index contributed by atoms with van der Waals surface area (Å²) in [5, 5.41) is 0. The summed E-state index contributed by atoms with van der Waals surface area (Å²) in [6, 6.07) is 4.06. The fourth-order valence-electron chi connectivity index (χ4n) is 4.13.